The summed E-state index contributed by atoms with van der Waals surface area (Å²) in [7, 11) is 0. The average molecular weight is 606 g/mol. The third kappa shape index (κ3) is 10.9. The number of aromatic nitrogens is 1. The number of primary amides is 1. The van der Waals surface area contributed by atoms with Crippen LogP contribution < -0.4 is 38.9 Å². The monoisotopic (exact) mass is 605 g/mol. The van der Waals surface area contributed by atoms with E-state index in [4.69, 9.17) is 22.9 Å². The highest BCUT2D eigenvalue weighted by Gasteiger charge is 2.30. The molecular formula is C26H39N9O6S. The van der Waals surface area contributed by atoms with Crippen molar-refractivity contribution in [3.05, 3.63) is 36.0 Å². The molecule has 2 aromatic rings. The molecule has 0 fully saturated rings. The van der Waals surface area contributed by atoms with E-state index in [9.17, 15) is 29.1 Å². The van der Waals surface area contributed by atoms with Crippen LogP contribution in [0.15, 0.2) is 35.5 Å². The van der Waals surface area contributed by atoms with Crippen molar-refractivity contribution >= 4 is 58.2 Å². The van der Waals surface area contributed by atoms with Gasteiger partial charge in [0.1, 0.15) is 18.1 Å². The van der Waals surface area contributed by atoms with E-state index in [-0.39, 0.29) is 31.8 Å². The smallest absolute Gasteiger partial charge is 0.326 e. The van der Waals surface area contributed by atoms with Gasteiger partial charge in [0.05, 0.1) is 12.5 Å². The van der Waals surface area contributed by atoms with Crippen molar-refractivity contribution in [2.45, 2.75) is 56.3 Å². The molecule has 4 unspecified atom stereocenters. The van der Waals surface area contributed by atoms with Gasteiger partial charge in [-0.3, -0.25) is 24.2 Å². The molecule has 0 saturated carbocycles. The summed E-state index contributed by atoms with van der Waals surface area (Å²) >= 11 is 1.41. The summed E-state index contributed by atoms with van der Waals surface area (Å²) in [5.41, 5.74) is 23.8. The molecule has 0 aliphatic heterocycles. The fourth-order valence-corrected chi connectivity index (χ4v) is 4.60. The van der Waals surface area contributed by atoms with E-state index in [2.05, 4.69) is 25.9 Å². The van der Waals surface area contributed by atoms with E-state index in [0.29, 0.717) is 12.2 Å². The van der Waals surface area contributed by atoms with E-state index < -0.39 is 60.2 Å². The second kappa shape index (κ2) is 16.8. The Morgan fingerprint density at radius 2 is 1.57 bits per heavy atom. The van der Waals surface area contributed by atoms with Crippen molar-refractivity contribution in [3.8, 4) is 0 Å². The van der Waals surface area contributed by atoms with Crippen LogP contribution in [0.3, 0.4) is 0 Å². The lowest BCUT2D eigenvalue weighted by Gasteiger charge is -2.25. The van der Waals surface area contributed by atoms with Gasteiger partial charge in [-0.25, -0.2) is 4.79 Å². The molecule has 2 rings (SSSR count). The fraction of sp³-hybridized carbons (Fsp3) is 0.462. The number of aliphatic imine (C=N–C) groups is 1. The third-order valence-corrected chi connectivity index (χ3v) is 6.94. The highest BCUT2D eigenvalue weighted by molar-refractivity contribution is 7.98. The molecule has 4 atom stereocenters. The lowest BCUT2D eigenvalue weighted by Crippen LogP contribution is -2.57. The first kappa shape index (κ1) is 33.9. The van der Waals surface area contributed by atoms with Crippen LogP contribution in [0.2, 0.25) is 0 Å². The SMILES string of the molecule is CSCCC(NC(=O)C(CCCN=C(N)N)NC(=O)C(N)Cc1c[nH]c2ccccc12)C(=O)NC(CC(N)=O)C(=O)O. The summed E-state index contributed by atoms with van der Waals surface area (Å²) < 4.78 is 0. The first-order valence-corrected chi connectivity index (χ1v) is 14.6. The minimum atomic E-state index is -1.57. The number of nitrogens with one attached hydrogen (secondary N) is 4. The van der Waals surface area contributed by atoms with Gasteiger partial charge >= 0.3 is 5.97 Å². The van der Waals surface area contributed by atoms with E-state index in [1.807, 2.05) is 24.3 Å². The number of thioether (sulfide) groups is 1. The molecule has 15 nitrogen and oxygen atoms in total. The molecule has 16 heteroatoms. The number of H-pyrrole nitrogens is 1. The third-order valence-electron chi connectivity index (χ3n) is 6.29. The minimum absolute atomic E-state index is 0.116. The number of fused-ring (bicyclic) bond motifs is 1. The number of hydrogen-bond acceptors (Lipinski definition) is 8. The number of aliphatic carboxylic acids is 1. The molecule has 1 aromatic carbocycles. The van der Waals surface area contributed by atoms with E-state index in [0.717, 1.165) is 16.5 Å². The number of benzene rings is 1. The molecule has 4 amide bonds. The lowest BCUT2D eigenvalue weighted by molar-refractivity contribution is -0.143. The Hall–Kier alpha value is -4.31. The zero-order valence-corrected chi connectivity index (χ0v) is 24.1. The lowest BCUT2D eigenvalue weighted by atomic mass is 10.0. The van der Waals surface area contributed by atoms with Gasteiger partial charge in [0.2, 0.25) is 23.6 Å². The highest BCUT2D eigenvalue weighted by Crippen LogP contribution is 2.19. The molecule has 0 aliphatic carbocycles. The van der Waals surface area contributed by atoms with Crippen molar-refractivity contribution in [2.24, 2.45) is 27.9 Å². The van der Waals surface area contributed by atoms with Crippen molar-refractivity contribution in [2.75, 3.05) is 18.6 Å². The van der Waals surface area contributed by atoms with E-state index in [1.54, 1.807) is 12.5 Å². The van der Waals surface area contributed by atoms with E-state index >= 15 is 0 Å². The zero-order chi connectivity index (χ0) is 31.2. The van der Waals surface area contributed by atoms with Crippen molar-refractivity contribution < 1.29 is 29.1 Å². The van der Waals surface area contributed by atoms with Gasteiger partial charge in [-0.05, 0) is 49.3 Å². The number of aromatic amines is 1. The molecule has 1 aromatic heterocycles. The number of nitrogens with zero attached hydrogens (tertiary/aromatic N) is 1. The van der Waals surface area contributed by atoms with Crippen LogP contribution in [0.1, 0.15) is 31.2 Å². The topological polar surface area (TPSA) is 274 Å². The number of nitrogens with two attached hydrogens (primary N) is 4. The van der Waals surface area contributed by atoms with Crippen molar-refractivity contribution in [3.63, 3.8) is 0 Å². The van der Waals surface area contributed by atoms with Gasteiger partial charge in [-0.2, -0.15) is 11.8 Å². The number of para-hydroxylation sites is 1. The fourth-order valence-electron chi connectivity index (χ4n) is 4.13. The maximum atomic E-state index is 13.4. The number of carbonyl (C=O) groups excluding carboxylic acids is 4. The van der Waals surface area contributed by atoms with Crippen LogP contribution in [0.5, 0.6) is 0 Å². The Morgan fingerprint density at radius 1 is 0.952 bits per heavy atom. The number of guanidine groups is 1. The predicted molar refractivity (Wildman–Crippen MR) is 160 cm³/mol. The normalized spacial score (nSPS) is 13.8. The molecule has 0 radical (unpaired) electrons. The number of hydrogen-bond donors (Lipinski definition) is 9. The van der Waals surface area contributed by atoms with Gasteiger partial charge in [-0.15, -0.1) is 0 Å². The molecule has 0 spiro atoms. The molecule has 0 aliphatic rings. The van der Waals surface area contributed by atoms with Gasteiger partial charge in [0, 0.05) is 23.6 Å². The second-order valence-electron chi connectivity index (χ2n) is 9.59. The molecule has 42 heavy (non-hydrogen) atoms. The minimum Gasteiger partial charge on any atom is -0.480 e. The van der Waals surface area contributed by atoms with Gasteiger partial charge < -0.3 is 49.0 Å². The number of carbonyl (C=O) groups is 5. The van der Waals surface area contributed by atoms with Gasteiger partial charge in [-0.1, -0.05) is 18.2 Å². The Bertz CT molecular complexity index is 1280. The predicted octanol–water partition coefficient (Wildman–Crippen LogP) is -1.74. The summed E-state index contributed by atoms with van der Waals surface area (Å²) in [4.78, 5) is 69.2. The summed E-state index contributed by atoms with van der Waals surface area (Å²) in [6.07, 6.45) is 3.73. The molecule has 0 saturated heterocycles. The molecule has 230 valence electrons. The van der Waals surface area contributed by atoms with Crippen molar-refractivity contribution in [1.82, 2.24) is 20.9 Å². The van der Waals surface area contributed by atoms with Crippen LogP contribution >= 0.6 is 11.8 Å². The van der Waals surface area contributed by atoms with Crippen LogP contribution in [0.4, 0.5) is 0 Å². The van der Waals surface area contributed by atoms with Crippen molar-refractivity contribution in [1.29, 1.82) is 0 Å². The number of carboxylic acids is 1. The van der Waals surface area contributed by atoms with Crippen LogP contribution in [-0.2, 0) is 30.4 Å². The summed E-state index contributed by atoms with van der Waals surface area (Å²) in [5, 5.41) is 17.8. The van der Waals surface area contributed by atoms with Gasteiger partial charge in [0.15, 0.2) is 5.96 Å². The summed E-state index contributed by atoms with van der Waals surface area (Å²) in [6.45, 7) is 0.188. The van der Waals surface area contributed by atoms with Gasteiger partial charge in [0.25, 0.3) is 0 Å². The average Bonchev–Trinajstić information content (AvgIpc) is 3.34. The maximum Gasteiger partial charge on any atom is 0.326 e. The van der Waals surface area contributed by atoms with E-state index in [1.165, 1.54) is 11.8 Å². The Kier molecular flexibility index (Phi) is 13.6. The molecular weight excluding hydrogens is 566 g/mol. The molecule has 0 bridgehead atoms. The standard InChI is InChI=1S/C26H39N9O6S/c1-42-10-8-19(24(39)35-20(25(40)41)12-21(28)36)34-23(38)18(7-4-9-31-26(29)30)33-22(37)16(27)11-14-13-32-17-6-3-2-5-15(14)17/h2-3,5-6,13,16,18-20,32H,4,7-12,27H2,1H3,(H2,28,36)(H,33,37)(H,34,38)(H,35,39)(H,40,41)(H4,29,30,31). The first-order valence-electron chi connectivity index (χ1n) is 13.2. The second-order valence-corrected chi connectivity index (χ2v) is 10.6. The number of amides is 4. The van der Waals surface area contributed by atoms with Crippen LogP contribution in [0.25, 0.3) is 10.9 Å². The number of carboxylic acid groups (broad SMARTS) is 1. The summed E-state index contributed by atoms with van der Waals surface area (Å²) in [6, 6.07) is 2.74. The maximum absolute atomic E-state index is 13.4. The van der Waals surface area contributed by atoms with Crippen LogP contribution in [0, 0.1) is 0 Å². The first-order chi connectivity index (χ1) is 19.9. The molecule has 1 heterocycles. The Labute approximate surface area is 247 Å². The van der Waals surface area contributed by atoms with Crippen LogP contribution in [-0.4, -0.2) is 88.4 Å². The quantitative estimate of drug-likeness (QED) is 0.0525. The Balaban J connectivity index is 2.17. The highest BCUT2D eigenvalue weighted by atomic mass is 32.2. The number of rotatable bonds is 18. The summed E-state index contributed by atoms with van der Waals surface area (Å²) in [5.74, 6) is -4.13. The molecule has 13 N–H and O–H groups in total. The Morgan fingerprint density at radius 3 is 2.19 bits per heavy atom. The zero-order valence-electron chi connectivity index (χ0n) is 23.3. The largest absolute Gasteiger partial charge is 0.480 e.